The van der Waals surface area contributed by atoms with Gasteiger partial charge in [0, 0.05) is 11.8 Å². The minimum Gasteiger partial charge on any atom is -0.481 e. The number of rotatable bonds is 6. The summed E-state index contributed by atoms with van der Waals surface area (Å²) in [5, 5.41) is 15.0. The third-order valence-electron chi connectivity index (χ3n) is 3.40. The largest absolute Gasteiger partial charge is 0.481 e. The average Bonchev–Trinajstić information content (AvgIpc) is 2.98. The molecule has 114 valence electrons. The van der Waals surface area contributed by atoms with Gasteiger partial charge in [-0.05, 0) is 24.2 Å². The van der Waals surface area contributed by atoms with Crippen LogP contribution in [0.3, 0.4) is 0 Å². The van der Waals surface area contributed by atoms with Crippen LogP contribution in [0.2, 0.25) is 0 Å². The lowest BCUT2D eigenvalue weighted by Crippen LogP contribution is -2.41. The molecule has 6 heteroatoms. The van der Waals surface area contributed by atoms with Gasteiger partial charge in [0.15, 0.2) is 0 Å². The molecule has 0 bridgehead atoms. The number of carbonyl (C=O) groups is 2. The third kappa shape index (κ3) is 5.30. The molecule has 3 N–H and O–H groups in total. The summed E-state index contributed by atoms with van der Waals surface area (Å²) >= 11 is 1.87. The van der Waals surface area contributed by atoms with Crippen LogP contribution in [0.4, 0.5) is 4.79 Å². The predicted molar refractivity (Wildman–Crippen MR) is 83.5 cm³/mol. The molecule has 2 rings (SSSR count). The number of carboxylic acids is 1. The summed E-state index contributed by atoms with van der Waals surface area (Å²) in [6.45, 7) is 0.630. The highest BCUT2D eigenvalue weighted by atomic mass is 32.2. The second-order valence-corrected chi connectivity index (χ2v) is 6.46. The Morgan fingerprint density at radius 3 is 2.71 bits per heavy atom. The molecule has 1 fully saturated rings. The van der Waals surface area contributed by atoms with E-state index < -0.39 is 12.0 Å². The molecule has 0 spiro atoms. The standard InChI is InChI=1S/C15H20N2O3S/c18-14(19)9-13(11-5-2-1-3-6-11)17-15(20)16-10-12-7-4-8-21-12/h1-3,5-6,12-13H,4,7-10H2,(H,18,19)(H2,16,17,20). The van der Waals surface area contributed by atoms with Crippen LogP contribution in [0.1, 0.15) is 30.9 Å². The van der Waals surface area contributed by atoms with Gasteiger partial charge in [-0.2, -0.15) is 11.8 Å². The van der Waals surface area contributed by atoms with Crippen molar-refractivity contribution in [1.82, 2.24) is 10.6 Å². The maximum absolute atomic E-state index is 11.9. The Hall–Kier alpha value is -1.69. The highest BCUT2D eigenvalue weighted by molar-refractivity contribution is 8.00. The Balaban J connectivity index is 1.88. The molecule has 21 heavy (non-hydrogen) atoms. The second kappa shape index (κ2) is 7.93. The van der Waals surface area contributed by atoms with Gasteiger partial charge in [0.1, 0.15) is 0 Å². The number of amides is 2. The molecule has 0 saturated carbocycles. The van der Waals surface area contributed by atoms with Crippen molar-refractivity contribution >= 4 is 23.8 Å². The summed E-state index contributed by atoms with van der Waals surface area (Å²) in [7, 11) is 0. The molecular weight excluding hydrogens is 288 g/mol. The molecule has 2 atom stereocenters. The molecule has 2 unspecified atom stereocenters. The van der Waals surface area contributed by atoms with Crippen molar-refractivity contribution in [2.45, 2.75) is 30.6 Å². The van der Waals surface area contributed by atoms with Gasteiger partial charge in [-0.15, -0.1) is 0 Å². The molecule has 1 aliphatic rings. The van der Waals surface area contributed by atoms with Crippen LogP contribution in [0, 0.1) is 0 Å². The number of hydrogen-bond acceptors (Lipinski definition) is 3. The van der Waals surface area contributed by atoms with Gasteiger partial charge in [0.25, 0.3) is 0 Å². The summed E-state index contributed by atoms with van der Waals surface area (Å²) in [5.41, 5.74) is 0.797. The van der Waals surface area contributed by atoms with E-state index >= 15 is 0 Å². The molecule has 1 aromatic carbocycles. The number of carbonyl (C=O) groups excluding carboxylic acids is 1. The van der Waals surface area contributed by atoms with Gasteiger partial charge >= 0.3 is 12.0 Å². The van der Waals surface area contributed by atoms with Crippen molar-refractivity contribution in [3.8, 4) is 0 Å². The van der Waals surface area contributed by atoms with E-state index in [1.807, 2.05) is 42.1 Å². The van der Waals surface area contributed by atoms with Crippen molar-refractivity contribution in [1.29, 1.82) is 0 Å². The van der Waals surface area contributed by atoms with Crippen LogP contribution in [-0.2, 0) is 4.79 Å². The molecule has 0 radical (unpaired) electrons. The SMILES string of the molecule is O=C(O)CC(NC(=O)NCC1CCCS1)c1ccccc1. The van der Waals surface area contributed by atoms with Crippen molar-refractivity contribution in [3.63, 3.8) is 0 Å². The van der Waals surface area contributed by atoms with Crippen LogP contribution in [-0.4, -0.2) is 34.7 Å². The van der Waals surface area contributed by atoms with E-state index in [-0.39, 0.29) is 12.5 Å². The topological polar surface area (TPSA) is 78.4 Å². The van der Waals surface area contributed by atoms with Gasteiger partial charge in [0.2, 0.25) is 0 Å². The average molecular weight is 308 g/mol. The van der Waals surface area contributed by atoms with E-state index in [0.29, 0.717) is 11.8 Å². The Bertz CT molecular complexity index is 475. The highest BCUT2D eigenvalue weighted by Gasteiger charge is 2.20. The first-order valence-electron chi connectivity index (χ1n) is 7.08. The van der Waals surface area contributed by atoms with Crippen LogP contribution in [0.15, 0.2) is 30.3 Å². The van der Waals surface area contributed by atoms with Crippen LogP contribution < -0.4 is 10.6 Å². The molecule has 0 aromatic heterocycles. The van der Waals surface area contributed by atoms with Crippen LogP contribution in [0.25, 0.3) is 0 Å². The van der Waals surface area contributed by atoms with E-state index in [1.54, 1.807) is 0 Å². The second-order valence-electron chi connectivity index (χ2n) is 5.05. The lowest BCUT2D eigenvalue weighted by molar-refractivity contribution is -0.137. The van der Waals surface area contributed by atoms with E-state index in [2.05, 4.69) is 10.6 Å². The maximum atomic E-state index is 11.9. The predicted octanol–water partition coefficient (Wildman–Crippen LogP) is 2.40. The summed E-state index contributed by atoms with van der Waals surface area (Å²) in [4.78, 5) is 22.9. The van der Waals surface area contributed by atoms with Gasteiger partial charge in [-0.25, -0.2) is 4.79 Å². The Kier molecular flexibility index (Phi) is 5.92. The Morgan fingerprint density at radius 1 is 1.33 bits per heavy atom. The van der Waals surface area contributed by atoms with Gasteiger partial charge in [0.05, 0.1) is 12.5 Å². The number of benzene rings is 1. The first-order valence-corrected chi connectivity index (χ1v) is 8.12. The zero-order valence-corrected chi connectivity index (χ0v) is 12.6. The lowest BCUT2D eigenvalue weighted by Gasteiger charge is -2.18. The summed E-state index contributed by atoms with van der Waals surface area (Å²) in [6, 6.07) is 8.34. The minimum absolute atomic E-state index is 0.129. The molecule has 2 amide bonds. The molecule has 1 aliphatic heterocycles. The normalized spacial score (nSPS) is 19.0. The number of thioether (sulfide) groups is 1. The summed E-state index contributed by atoms with van der Waals surface area (Å²) < 4.78 is 0. The van der Waals surface area contributed by atoms with E-state index in [4.69, 9.17) is 5.11 Å². The zero-order valence-electron chi connectivity index (χ0n) is 11.7. The van der Waals surface area contributed by atoms with Crippen molar-refractivity contribution < 1.29 is 14.7 Å². The molecule has 1 aromatic rings. The third-order valence-corrected chi connectivity index (χ3v) is 4.80. The fraction of sp³-hybridized carbons (Fsp3) is 0.467. The zero-order chi connectivity index (χ0) is 15.1. The smallest absolute Gasteiger partial charge is 0.315 e. The minimum atomic E-state index is -0.935. The lowest BCUT2D eigenvalue weighted by atomic mass is 10.0. The molecular formula is C15H20N2O3S. The summed E-state index contributed by atoms with van der Waals surface area (Å²) in [6.07, 6.45) is 2.20. The highest BCUT2D eigenvalue weighted by Crippen LogP contribution is 2.25. The fourth-order valence-electron chi connectivity index (χ4n) is 2.33. The Labute approximate surface area is 128 Å². The van der Waals surface area contributed by atoms with Gasteiger partial charge < -0.3 is 15.7 Å². The molecule has 1 saturated heterocycles. The maximum Gasteiger partial charge on any atom is 0.315 e. The number of aliphatic carboxylic acids is 1. The fourth-order valence-corrected chi connectivity index (χ4v) is 3.53. The number of hydrogen-bond donors (Lipinski definition) is 3. The van der Waals surface area contributed by atoms with Crippen molar-refractivity contribution in [2.75, 3.05) is 12.3 Å². The monoisotopic (exact) mass is 308 g/mol. The Morgan fingerprint density at radius 2 is 2.10 bits per heavy atom. The number of nitrogens with one attached hydrogen (secondary N) is 2. The number of urea groups is 1. The number of carboxylic acid groups (broad SMARTS) is 1. The molecule has 1 heterocycles. The summed E-state index contributed by atoms with van der Waals surface area (Å²) in [5.74, 6) is 0.218. The quantitative estimate of drug-likeness (QED) is 0.754. The van der Waals surface area contributed by atoms with Crippen molar-refractivity contribution in [2.24, 2.45) is 0 Å². The molecule has 5 nitrogen and oxygen atoms in total. The first kappa shape index (κ1) is 15.7. The van der Waals surface area contributed by atoms with Crippen molar-refractivity contribution in [3.05, 3.63) is 35.9 Å². The van der Waals surface area contributed by atoms with Gasteiger partial charge in [-0.3, -0.25) is 4.79 Å². The molecule has 0 aliphatic carbocycles. The van der Waals surface area contributed by atoms with E-state index in [1.165, 1.54) is 6.42 Å². The van der Waals surface area contributed by atoms with Crippen LogP contribution >= 0.6 is 11.8 Å². The van der Waals surface area contributed by atoms with Gasteiger partial charge in [-0.1, -0.05) is 30.3 Å². The first-order chi connectivity index (χ1) is 10.1. The van der Waals surface area contributed by atoms with E-state index in [9.17, 15) is 9.59 Å². The van der Waals surface area contributed by atoms with E-state index in [0.717, 1.165) is 17.7 Å². The van der Waals surface area contributed by atoms with Crippen LogP contribution in [0.5, 0.6) is 0 Å².